The summed E-state index contributed by atoms with van der Waals surface area (Å²) >= 11 is 0. The molecule has 1 nitrogen and oxygen atoms in total. The third-order valence-electron chi connectivity index (χ3n) is 11.5. The summed E-state index contributed by atoms with van der Waals surface area (Å²) in [6.07, 6.45) is 0. The standard InChI is InChI=1S/C50H29N/c1-2-18-36-33(15-1)38-25-12-24-37-32(27-28-42(36)46(37)38)30-13-11-14-31(29-30)51-45-26-10-9-23-44(45)49-48-40-20-6-4-17-35(40)34-16-3-5-19-39(34)47(48)41-21-7-8-22-43(41)50(49)51/h1-29H. The van der Waals surface area contributed by atoms with Crippen molar-refractivity contribution in [3.63, 3.8) is 0 Å². The van der Waals surface area contributed by atoms with Crippen LogP contribution in [0.5, 0.6) is 0 Å². The van der Waals surface area contributed by atoms with Crippen LogP contribution < -0.4 is 0 Å². The highest BCUT2D eigenvalue weighted by atomic mass is 15.0. The molecule has 12 rings (SSSR count). The number of rotatable bonds is 2. The molecule has 1 heterocycles. The van der Waals surface area contributed by atoms with Crippen LogP contribution in [0, 0.1) is 0 Å². The molecule has 0 aliphatic heterocycles. The summed E-state index contributed by atoms with van der Waals surface area (Å²) in [5.41, 5.74) is 11.4. The Morgan fingerprint density at radius 1 is 0.275 bits per heavy atom. The number of hydrogen-bond acceptors (Lipinski definition) is 0. The van der Waals surface area contributed by atoms with Crippen LogP contribution in [0.2, 0.25) is 0 Å². The Labute approximate surface area is 294 Å². The van der Waals surface area contributed by atoms with Crippen molar-refractivity contribution in [3.05, 3.63) is 176 Å². The van der Waals surface area contributed by atoms with Gasteiger partial charge in [-0.05, 0) is 94.7 Å². The zero-order valence-electron chi connectivity index (χ0n) is 27.7. The van der Waals surface area contributed by atoms with Crippen LogP contribution in [0.4, 0.5) is 0 Å². The first kappa shape index (κ1) is 27.2. The van der Waals surface area contributed by atoms with Crippen LogP contribution in [0.25, 0.3) is 115 Å². The highest BCUT2D eigenvalue weighted by Gasteiger charge is 2.24. The van der Waals surface area contributed by atoms with Crippen LogP contribution in [0.3, 0.4) is 0 Å². The molecular formula is C50H29N. The molecule has 11 aromatic rings. The molecule has 0 saturated heterocycles. The van der Waals surface area contributed by atoms with Gasteiger partial charge in [0.1, 0.15) is 0 Å². The van der Waals surface area contributed by atoms with Gasteiger partial charge in [-0.15, -0.1) is 0 Å². The van der Waals surface area contributed by atoms with Crippen molar-refractivity contribution in [2.24, 2.45) is 0 Å². The van der Waals surface area contributed by atoms with Crippen molar-refractivity contribution >= 4 is 75.7 Å². The van der Waals surface area contributed by atoms with E-state index in [1.807, 2.05) is 0 Å². The lowest BCUT2D eigenvalue weighted by atomic mass is 9.88. The number of fused-ring (bicyclic) bond motifs is 16. The zero-order valence-corrected chi connectivity index (χ0v) is 27.7. The average molecular weight is 644 g/mol. The molecule has 0 saturated carbocycles. The summed E-state index contributed by atoms with van der Waals surface area (Å²) in [5, 5.41) is 15.7. The highest BCUT2D eigenvalue weighted by molar-refractivity contribution is 6.42. The van der Waals surface area contributed by atoms with Gasteiger partial charge in [0.2, 0.25) is 0 Å². The van der Waals surface area contributed by atoms with E-state index in [2.05, 4.69) is 180 Å². The molecule has 0 N–H and O–H groups in total. The van der Waals surface area contributed by atoms with Gasteiger partial charge < -0.3 is 4.57 Å². The van der Waals surface area contributed by atoms with Gasteiger partial charge in [-0.3, -0.25) is 0 Å². The first-order valence-electron chi connectivity index (χ1n) is 17.8. The number of para-hydroxylation sites is 1. The van der Waals surface area contributed by atoms with Gasteiger partial charge in [-0.1, -0.05) is 158 Å². The van der Waals surface area contributed by atoms with Crippen LogP contribution in [-0.4, -0.2) is 4.57 Å². The first-order valence-corrected chi connectivity index (χ1v) is 17.8. The predicted molar refractivity (Wildman–Crippen MR) is 218 cm³/mol. The lowest BCUT2D eigenvalue weighted by Gasteiger charge is -2.17. The molecule has 51 heavy (non-hydrogen) atoms. The van der Waals surface area contributed by atoms with Crippen molar-refractivity contribution in [1.82, 2.24) is 4.57 Å². The monoisotopic (exact) mass is 643 g/mol. The van der Waals surface area contributed by atoms with Crippen LogP contribution in [0.1, 0.15) is 0 Å². The fourth-order valence-corrected chi connectivity index (χ4v) is 9.48. The minimum absolute atomic E-state index is 1.17. The van der Waals surface area contributed by atoms with E-state index >= 15 is 0 Å². The maximum Gasteiger partial charge on any atom is 0.0626 e. The minimum Gasteiger partial charge on any atom is -0.309 e. The Balaban J connectivity index is 1.22. The Bertz CT molecular complexity index is 3280. The van der Waals surface area contributed by atoms with Gasteiger partial charge in [-0.2, -0.15) is 0 Å². The molecule has 1 aliphatic carbocycles. The second-order valence-corrected chi connectivity index (χ2v) is 13.9. The third kappa shape index (κ3) is 3.50. The van der Waals surface area contributed by atoms with Gasteiger partial charge in [-0.25, -0.2) is 0 Å². The third-order valence-corrected chi connectivity index (χ3v) is 11.5. The van der Waals surface area contributed by atoms with E-state index in [4.69, 9.17) is 0 Å². The zero-order chi connectivity index (χ0) is 33.2. The van der Waals surface area contributed by atoms with Crippen molar-refractivity contribution in [2.75, 3.05) is 0 Å². The van der Waals surface area contributed by atoms with Crippen molar-refractivity contribution < 1.29 is 0 Å². The van der Waals surface area contributed by atoms with Gasteiger partial charge >= 0.3 is 0 Å². The lowest BCUT2D eigenvalue weighted by molar-refractivity contribution is 1.19. The van der Waals surface area contributed by atoms with E-state index in [0.29, 0.717) is 0 Å². The summed E-state index contributed by atoms with van der Waals surface area (Å²) in [7, 11) is 0. The average Bonchev–Trinajstić information content (AvgIpc) is 3.72. The molecule has 0 bridgehead atoms. The molecule has 1 aliphatic rings. The Morgan fingerprint density at radius 3 is 1.53 bits per heavy atom. The highest BCUT2D eigenvalue weighted by Crippen LogP contribution is 2.50. The van der Waals surface area contributed by atoms with Crippen LogP contribution in [-0.2, 0) is 0 Å². The molecule has 0 spiro atoms. The van der Waals surface area contributed by atoms with Gasteiger partial charge in [0, 0.05) is 27.2 Å². The second kappa shape index (κ2) is 9.94. The van der Waals surface area contributed by atoms with Crippen molar-refractivity contribution in [2.45, 2.75) is 0 Å². The summed E-state index contributed by atoms with van der Waals surface area (Å²) in [6, 6.07) is 65.4. The Morgan fingerprint density at radius 2 is 0.784 bits per heavy atom. The second-order valence-electron chi connectivity index (χ2n) is 13.9. The van der Waals surface area contributed by atoms with E-state index in [9.17, 15) is 0 Å². The topological polar surface area (TPSA) is 4.93 Å². The Hall–Kier alpha value is -6.70. The molecule has 234 valence electrons. The molecule has 0 radical (unpaired) electrons. The molecular weight excluding hydrogens is 615 g/mol. The van der Waals surface area contributed by atoms with E-state index < -0.39 is 0 Å². The minimum atomic E-state index is 1.17. The molecule has 0 fully saturated rings. The molecule has 0 unspecified atom stereocenters. The van der Waals surface area contributed by atoms with E-state index in [1.165, 1.54) is 115 Å². The number of nitrogens with zero attached hydrogens (tertiary/aromatic N) is 1. The predicted octanol–water partition coefficient (Wildman–Crippen LogP) is 13.9. The maximum atomic E-state index is 2.52. The van der Waals surface area contributed by atoms with Gasteiger partial charge in [0.05, 0.1) is 11.0 Å². The fourth-order valence-electron chi connectivity index (χ4n) is 9.48. The SMILES string of the molecule is c1cc(-c2ccc3c4c(cccc24)-c2ccccc2-3)cc(-n2c3ccccc3c3c4c5ccccc5c5ccccc5c4c4ccccc4c32)c1. The summed E-state index contributed by atoms with van der Waals surface area (Å²) < 4.78 is 2.52. The largest absolute Gasteiger partial charge is 0.309 e. The molecule has 1 aromatic heterocycles. The summed E-state index contributed by atoms with van der Waals surface area (Å²) in [6.45, 7) is 0. The normalized spacial score (nSPS) is 12.3. The maximum absolute atomic E-state index is 2.52. The smallest absolute Gasteiger partial charge is 0.0626 e. The first-order chi connectivity index (χ1) is 25.3. The summed E-state index contributed by atoms with van der Waals surface area (Å²) in [5.74, 6) is 0. The van der Waals surface area contributed by atoms with Gasteiger partial charge in [0.15, 0.2) is 0 Å². The molecule has 0 amide bonds. The summed E-state index contributed by atoms with van der Waals surface area (Å²) in [4.78, 5) is 0. The van der Waals surface area contributed by atoms with E-state index in [0.717, 1.165) is 0 Å². The van der Waals surface area contributed by atoms with E-state index in [-0.39, 0.29) is 0 Å². The van der Waals surface area contributed by atoms with Crippen molar-refractivity contribution in [1.29, 1.82) is 0 Å². The van der Waals surface area contributed by atoms with Crippen LogP contribution >= 0.6 is 0 Å². The Kier molecular flexibility index (Phi) is 5.29. The molecule has 0 atom stereocenters. The van der Waals surface area contributed by atoms with Crippen LogP contribution in [0.15, 0.2) is 176 Å². The number of benzene rings is 10. The lowest BCUT2D eigenvalue weighted by Crippen LogP contribution is -1.96. The van der Waals surface area contributed by atoms with Crippen molar-refractivity contribution in [3.8, 4) is 39.1 Å². The van der Waals surface area contributed by atoms with E-state index in [1.54, 1.807) is 0 Å². The molecule has 10 aromatic carbocycles. The number of hydrogen-bond donors (Lipinski definition) is 0. The molecule has 1 heteroatoms. The number of aromatic nitrogens is 1. The van der Waals surface area contributed by atoms with Gasteiger partial charge in [0.25, 0.3) is 0 Å². The fraction of sp³-hybridized carbons (Fsp3) is 0. The quantitative estimate of drug-likeness (QED) is 0.165.